The molecule has 0 unspecified atom stereocenters. The summed E-state index contributed by atoms with van der Waals surface area (Å²) in [4.78, 5) is 8.34. The van der Waals surface area contributed by atoms with Crippen molar-refractivity contribution in [3.05, 3.63) is 12.4 Å². The van der Waals surface area contributed by atoms with Gasteiger partial charge < -0.3 is 14.8 Å². The zero-order chi connectivity index (χ0) is 17.0. The van der Waals surface area contributed by atoms with Crippen molar-refractivity contribution in [2.75, 3.05) is 51.8 Å². The molecule has 0 atom stereocenters. The first-order valence-electron chi connectivity index (χ1n) is 8.06. The number of nitrogens with zero attached hydrogens (tertiary/aromatic N) is 4. The number of rotatable bonds is 5. The highest BCUT2D eigenvalue weighted by Gasteiger charge is 2.33. The van der Waals surface area contributed by atoms with Crippen molar-refractivity contribution in [1.29, 1.82) is 0 Å². The molecule has 2 saturated heterocycles. The van der Waals surface area contributed by atoms with Gasteiger partial charge in [0.2, 0.25) is 0 Å². The van der Waals surface area contributed by atoms with Crippen molar-refractivity contribution in [2.24, 2.45) is 0 Å². The molecule has 0 bridgehead atoms. The van der Waals surface area contributed by atoms with Gasteiger partial charge in [-0.2, -0.15) is 17.0 Å². The molecule has 0 aromatic carbocycles. The average molecular weight is 357 g/mol. The van der Waals surface area contributed by atoms with Crippen LogP contribution in [0, 0.1) is 0 Å². The van der Waals surface area contributed by atoms with Crippen LogP contribution in [0.15, 0.2) is 12.4 Å². The molecule has 2 fully saturated rings. The zero-order valence-corrected chi connectivity index (χ0v) is 14.5. The number of aromatic nitrogens is 2. The van der Waals surface area contributed by atoms with E-state index in [0.29, 0.717) is 63.9 Å². The molecule has 3 rings (SSSR count). The Balaban J connectivity index is 1.57. The predicted molar refractivity (Wildman–Crippen MR) is 88.1 cm³/mol. The summed E-state index contributed by atoms with van der Waals surface area (Å²) in [6, 6.07) is 0.145. The van der Waals surface area contributed by atoms with E-state index in [-0.39, 0.29) is 6.04 Å². The Hall–Kier alpha value is -1.49. The van der Waals surface area contributed by atoms with Crippen LogP contribution in [-0.4, -0.2) is 79.5 Å². The summed E-state index contributed by atoms with van der Waals surface area (Å²) in [5.41, 5.74) is 0. The first-order chi connectivity index (χ1) is 11.6. The maximum absolute atomic E-state index is 12.6. The van der Waals surface area contributed by atoms with Gasteiger partial charge in [-0.1, -0.05) is 0 Å². The van der Waals surface area contributed by atoms with E-state index in [4.69, 9.17) is 9.47 Å². The van der Waals surface area contributed by atoms with E-state index in [2.05, 4.69) is 15.3 Å². The Morgan fingerprint density at radius 1 is 1.12 bits per heavy atom. The van der Waals surface area contributed by atoms with E-state index in [1.54, 1.807) is 23.8 Å². The van der Waals surface area contributed by atoms with E-state index >= 15 is 0 Å². The number of methoxy groups -OCH3 is 1. The molecular formula is C14H23N5O4S. The Morgan fingerprint density at radius 2 is 1.75 bits per heavy atom. The lowest BCUT2D eigenvalue weighted by Crippen LogP contribution is -2.51. The molecule has 1 aromatic heterocycles. The number of hydrogen-bond acceptors (Lipinski definition) is 7. The topological polar surface area (TPSA) is 96.9 Å². The molecule has 0 radical (unpaired) electrons. The van der Waals surface area contributed by atoms with E-state index in [0.717, 1.165) is 0 Å². The normalized spacial score (nSPS) is 21.5. The number of nitrogens with one attached hydrogen (secondary N) is 1. The minimum absolute atomic E-state index is 0.145. The van der Waals surface area contributed by atoms with E-state index in [1.807, 2.05) is 0 Å². The second kappa shape index (κ2) is 7.60. The first kappa shape index (κ1) is 17.3. The van der Waals surface area contributed by atoms with Gasteiger partial charge in [0.15, 0.2) is 5.82 Å². The first-order valence-corrected chi connectivity index (χ1v) is 9.45. The molecule has 134 valence electrons. The number of morpholine rings is 1. The van der Waals surface area contributed by atoms with Gasteiger partial charge in [0.1, 0.15) is 0 Å². The molecule has 9 nitrogen and oxygen atoms in total. The second-order valence-corrected chi connectivity index (χ2v) is 7.68. The molecule has 24 heavy (non-hydrogen) atoms. The lowest BCUT2D eigenvalue weighted by molar-refractivity contribution is 0.0696. The van der Waals surface area contributed by atoms with Gasteiger partial charge in [-0.25, -0.2) is 9.97 Å². The van der Waals surface area contributed by atoms with Crippen LogP contribution in [0.4, 0.5) is 5.82 Å². The quantitative estimate of drug-likeness (QED) is 0.788. The molecule has 0 spiro atoms. The fourth-order valence-corrected chi connectivity index (χ4v) is 4.55. The van der Waals surface area contributed by atoms with Crippen LogP contribution in [0.25, 0.3) is 0 Å². The van der Waals surface area contributed by atoms with Crippen molar-refractivity contribution in [2.45, 2.75) is 18.9 Å². The van der Waals surface area contributed by atoms with Crippen molar-refractivity contribution in [3.63, 3.8) is 0 Å². The number of hydrogen-bond donors (Lipinski definition) is 1. The van der Waals surface area contributed by atoms with E-state index in [1.165, 1.54) is 4.31 Å². The lowest BCUT2D eigenvalue weighted by Gasteiger charge is -2.36. The number of anilines is 1. The van der Waals surface area contributed by atoms with Gasteiger partial charge in [-0.3, -0.25) is 0 Å². The summed E-state index contributed by atoms with van der Waals surface area (Å²) < 4.78 is 38.8. The molecule has 3 heterocycles. The number of ether oxygens (including phenoxy) is 2. The van der Waals surface area contributed by atoms with Crippen LogP contribution in [0.3, 0.4) is 0 Å². The largest absolute Gasteiger partial charge is 0.478 e. The van der Waals surface area contributed by atoms with Crippen LogP contribution in [-0.2, 0) is 14.9 Å². The highest BCUT2D eigenvalue weighted by atomic mass is 32.2. The molecule has 0 aliphatic carbocycles. The molecule has 10 heteroatoms. The van der Waals surface area contributed by atoms with Crippen LogP contribution >= 0.6 is 0 Å². The third-order valence-electron chi connectivity index (χ3n) is 4.28. The van der Waals surface area contributed by atoms with Gasteiger partial charge in [-0.15, -0.1) is 0 Å². The molecule has 2 aliphatic heterocycles. The molecule has 0 amide bonds. The zero-order valence-electron chi connectivity index (χ0n) is 13.7. The van der Waals surface area contributed by atoms with Gasteiger partial charge in [0.05, 0.1) is 20.3 Å². The van der Waals surface area contributed by atoms with Gasteiger partial charge in [-0.05, 0) is 12.8 Å². The monoisotopic (exact) mass is 357 g/mol. The van der Waals surface area contributed by atoms with Crippen LogP contribution < -0.4 is 10.1 Å². The van der Waals surface area contributed by atoms with Crippen LogP contribution in [0.2, 0.25) is 0 Å². The Kier molecular flexibility index (Phi) is 5.49. The van der Waals surface area contributed by atoms with Crippen molar-refractivity contribution >= 4 is 16.0 Å². The van der Waals surface area contributed by atoms with Gasteiger partial charge >= 0.3 is 0 Å². The van der Waals surface area contributed by atoms with Crippen molar-refractivity contribution in [1.82, 2.24) is 18.6 Å². The summed E-state index contributed by atoms with van der Waals surface area (Å²) in [5, 5.41) is 3.30. The Labute approximate surface area is 142 Å². The van der Waals surface area contributed by atoms with Gasteiger partial charge in [0.25, 0.3) is 16.1 Å². The summed E-state index contributed by atoms with van der Waals surface area (Å²) >= 11 is 0. The minimum atomic E-state index is -3.39. The Bertz CT molecular complexity index is 642. The second-order valence-electron chi connectivity index (χ2n) is 5.75. The molecule has 2 aliphatic rings. The summed E-state index contributed by atoms with van der Waals surface area (Å²) in [5.74, 6) is 1.04. The summed E-state index contributed by atoms with van der Waals surface area (Å²) in [7, 11) is -1.84. The van der Waals surface area contributed by atoms with Crippen LogP contribution in [0.1, 0.15) is 12.8 Å². The predicted octanol–water partition coefficient (Wildman–Crippen LogP) is -0.0615. The standard InChI is InChI=1S/C14H23N5O4S/c1-22-14-13(15-4-5-16-14)17-12-2-6-18(7-3-12)24(20,21)19-8-10-23-11-9-19/h4-5,12H,2-3,6-11H2,1H3,(H,15,17). The number of piperidine rings is 1. The SMILES string of the molecule is COc1nccnc1NC1CCN(S(=O)(=O)N2CCOCC2)CC1. The lowest BCUT2D eigenvalue weighted by atomic mass is 10.1. The minimum Gasteiger partial charge on any atom is -0.478 e. The third kappa shape index (κ3) is 3.77. The smallest absolute Gasteiger partial charge is 0.282 e. The molecule has 0 saturated carbocycles. The molecule has 1 aromatic rings. The summed E-state index contributed by atoms with van der Waals surface area (Å²) in [6.45, 7) is 2.75. The molecular weight excluding hydrogens is 334 g/mol. The van der Waals surface area contributed by atoms with E-state index < -0.39 is 10.2 Å². The average Bonchev–Trinajstić information content (AvgIpc) is 2.63. The third-order valence-corrected chi connectivity index (χ3v) is 6.31. The Morgan fingerprint density at radius 3 is 2.42 bits per heavy atom. The van der Waals surface area contributed by atoms with Gasteiger partial charge in [0, 0.05) is 44.6 Å². The fourth-order valence-electron chi connectivity index (χ4n) is 2.94. The fraction of sp³-hybridized carbons (Fsp3) is 0.714. The maximum atomic E-state index is 12.6. The van der Waals surface area contributed by atoms with Crippen LogP contribution in [0.5, 0.6) is 5.88 Å². The van der Waals surface area contributed by atoms with E-state index in [9.17, 15) is 8.42 Å². The maximum Gasteiger partial charge on any atom is 0.282 e. The highest BCUT2D eigenvalue weighted by molar-refractivity contribution is 7.86. The summed E-state index contributed by atoms with van der Waals surface area (Å²) in [6.07, 6.45) is 4.59. The van der Waals surface area contributed by atoms with Crippen molar-refractivity contribution < 1.29 is 17.9 Å². The highest BCUT2D eigenvalue weighted by Crippen LogP contribution is 2.23. The molecule has 1 N–H and O–H groups in total. The van der Waals surface area contributed by atoms with Crippen molar-refractivity contribution in [3.8, 4) is 5.88 Å².